The Labute approximate surface area is 149 Å². The van der Waals surface area contributed by atoms with Gasteiger partial charge in [0, 0.05) is 37.7 Å². The van der Waals surface area contributed by atoms with Crippen LogP contribution in [0.15, 0.2) is 12.1 Å². The van der Waals surface area contributed by atoms with Gasteiger partial charge in [0.2, 0.25) is 5.88 Å². The first-order valence-electron chi connectivity index (χ1n) is 8.75. The van der Waals surface area contributed by atoms with Gasteiger partial charge >= 0.3 is 0 Å². The van der Waals surface area contributed by atoms with Crippen LogP contribution in [0.3, 0.4) is 0 Å². The molecule has 0 saturated carbocycles. The lowest BCUT2D eigenvalue weighted by atomic mass is 10.1. The zero-order valence-electron chi connectivity index (χ0n) is 15.7. The Morgan fingerprint density at radius 2 is 2.16 bits per heavy atom. The van der Waals surface area contributed by atoms with Gasteiger partial charge in [0.25, 0.3) is 0 Å². The second-order valence-corrected chi connectivity index (χ2v) is 6.43. The van der Waals surface area contributed by atoms with E-state index in [0.29, 0.717) is 19.7 Å². The molecule has 136 valence electrons. The number of aryl methyl sites for hydroxylation is 2. The van der Waals surface area contributed by atoms with Crippen LogP contribution in [-0.2, 0) is 26.6 Å². The van der Waals surface area contributed by atoms with Crippen LogP contribution in [0.2, 0.25) is 0 Å². The van der Waals surface area contributed by atoms with Crippen LogP contribution < -0.4 is 19.5 Å². The number of methoxy groups -OCH3 is 1. The molecular weight excluding hydrogens is 318 g/mol. The summed E-state index contributed by atoms with van der Waals surface area (Å²) in [6.45, 7) is 8.12. The lowest BCUT2D eigenvalue weighted by Crippen LogP contribution is -2.15. The molecule has 2 heterocycles. The summed E-state index contributed by atoms with van der Waals surface area (Å²) < 4.78 is 18.9. The van der Waals surface area contributed by atoms with E-state index in [4.69, 9.17) is 14.2 Å². The van der Waals surface area contributed by atoms with Crippen molar-refractivity contribution in [3.05, 3.63) is 34.5 Å². The van der Waals surface area contributed by atoms with Crippen LogP contribution in [0.5, 0.6) is 17.4 Å². The van der Waals surface area contributed by atoms with Gasteiger partial charge in [0.05, 0.1) is 25.0 Å². The maximum Gasteiger partial charge on any atom is 0.216 e. The third-order valence-electron chi connectivity index (χ3n) is 4.48. The van der Waals surface area contributed by atoms with Crippen LogP contribution in [0.4, 0.5) is 0 Å². The van der Waals surface area contributed by atoms with Crippen LogP contribution in [0, 0.1) is 6.92 Å². The molecule has 1 aromatic carbocycles. The van der Waals surface area contributed by atoms with E-state index in [9.17, 15) is 0 Å². The molecule has 6 nitrogen and oxygen atoms in total. The molecule has 1 unspecified atom stereocenters. The summed E-state index contributed by atoms with van der Waals surface area (Å²) >= 11 is 0. The highest BCUT2D eigenvalue weighted by atomic mass is 16.5. The SMILES string of the molecule is CCOc1cc2c(cc1CNCc1c(C)nn(C)c1OC)OC(C)C2. The number of benzene rings is 1. The molecule has 0 aliphatic carbocycles. The fraction of sp³-hybridized carbons (Fsp3) is 0.526. The molecule has 1 atom stereocenters. The molecule has 25 heavy (non-hydrogen) atoms. The minimum absolute atomic E-state index is 0.231. The Bertz CT molecular complexity index is 755. The van der Waals surface area contributed by atoms with Gasteiger partial charge < -0.3 is 19.5 Å². The number of nitrogens with zero attached hydrogens (tertiary/aromatic N) is 2. The van der Waals surface area contributed by atoms with Crippen molar-refractivity contribution in [2.24, 2.45) is 7.05 Å². The Hall–Kier alpha value is -2.21. The average Bonchev–Trinajstić information content (AvgIpc) is 3.05. The molecule has 6 heteroatoms. The Balaban J connectivity index is 1.74. The number of hydrogen-bond acceptors (Lipinski definition) is 5. The normalized spacial score (nSPS) is 15.8. The van der Waals surface area contributed by atoms with E-state index in [1.807, 2.05) is 20.9 Å². The van der Waals surface area contributed by atoms with Gasteiger partial charge in [-0.3, -0.25) is 0 Å². The van der Waals surface area contributed by atoms with Gasteiger partial charge in [-0.1, -0.05) is 0 Å². The van der Waals surface area contributed by atoms with E-state index in [1.54, 1.807) is 11.8 Å². The first-order valence-corrected chi connectivity index (χ1v) is 8.75. The van der Waals surface area contributed by atoms with Crippen molar-refractivity contribution in [2.45, 2.75) is 46.4 Å². The maximum atomic E-state index is 5.89. The summed E-state index contributed by atoms with van der Waals surface area (Å²) in [5, 5.41) is 7.90. The van der Waals surface area contributed by atoms with E-state index < -0.39 is 0 Å². The van der Waals surface area contributed by atoms with Crippen molar-refractivity contribution in [3.63, 3.8) is 0 Å². The second kappa shape index (κ2) is 7.35. The van der Waals surface area contributed by atoms with Gasteiger partial charge in [-0.25, -0.2) is 4.68 Å². The highest BCUT2D eigenvalue weighted by Crippen LogP contribution is 2.35. The minimum Gasteiger partial charge on any atom is -0.494 e. The van der Waals surface area contributed by atoms with E-state index in [1.165, 1.54) is 5.56 Å². The number of nitrogens with one attached hydrogen (secondary N) is 1. The van der Waals surface area contributed by atoms with Crippen molar-refractivity contribution in [3.8, 4) is 17.4 Å². The first-order chi connectivity index (χ1) is 12.0. The molecule has 1 aliphatic heterocycles. The summed E-state index contributed by atoms with van der Waals surface area (Å²) in [5.41, 5.74) is 4.39. The highest BCUT2D eigenvalue weighted by Gasteiger charge is 2.22. The predicted octanol–water partition coefficient (Wildman–Crippen LogP) is 2.75. The van der Waals surface area contributed by atoms with Crippen molar-refractivity contribution < 1.29 is 14.2 Å². The highest BCUT2D eigenvalue weighted by molar-refractivity contribution is 5.48. The third kappa shape index (κ3) is 3.58. The fourth-order valence-corrected chi connectivity index (χ4v) is 3.37. The number of rotatable bonds is 7. The van der Waals surface area contributed by atoms with Crippen molar-refractivity contribution in [2.75, 3.05) is 13.7 Å². The van der Waals surface area contributed by atoms with Gasteiger partial charge in [0.1, 0.15) is 17.6 Å². The van der Waals surface area contributed by atoms with Crippen LogP contribution >= 0.6 is 0 Å². The average molecular weight is 345 g/mol. The molecule has 0 amide bonds. The zero-order chi connectivity index (χ0) is 18.0. The number of hydrogen-bond donors (Lipinski definition) is 1. The lowest BCUT2D eigenvalue weighted by Gasteiger charge is -2.13. The molecule has 1 aliphatic rings. The maximum absolute atomic E-state index is 5.89. The molecular formula is C19H27N3O3. The standard InChI is InChI=1S/C19H27N3O3/c1-6-24-17-8-14-7-12(2)25-18(14)9-15(17)10-20-11-16-13(3)21-22(4)19(16)23-5/h8-9,12,20H,6-7,10-11H2,1-5H3. The molecule has 1 aromatic heterocycles. The summed E-state index contributed by atoms with van der Waals surface area (Å²) in [4.78, 5) is 0. The van der Waals surface area contributed by atoms with E-state index in [0.717, 1.165) is 40.6 Å². The van der Waals surface area contributed by atoms with Crippen LogP contribution in [0.1, 0.15) is 36.2 Å². The van der Waals surface area contributed by atoms with E-state index in [2.05, 4.69) is 29.5 Å². The Morgan fingerprint density at radius 3 is 2.88 bits per heavy atom. The lowest BCUT2D eigenvalue weighted by molar-refractivity contribution is 0.254. The number of fused-ring (bicyclic) bond motifs is 1. The fourth-order valence-electron chi connectivity index (χ4n) is 3.37. The largest absolute Gasteiger partial charge is 0.494 e. The van der Waals surface area contributed by atoms with E-state index in [-0.39, 0.29) is 6.10 Å². The second-order valence-electron chi connectivity index (χ2n) is 6.43. The third-order valence-corrected chi connectivity index (χ3v) is 4.48. The summed E-state index contributed by atoms with van der Waals surface area (Å²) in [5.74, 6) is 2.70. The monoisotopic (exact) mass is 345 g/mol. The molecule has 0 bridgehead atoms. The smallest absolute Gasteiger partial charge is 0.216 e. The van der Waals surface area contributed by atoms with Crippen LogP contribution in [0.25, 0.3) is 0 Å². The number of ether oxygens (including phenoxy) is 3. The summed E-state index contributed by atoms with van der Waals surface area (Å²) in [7, 11) is 3.56. The van der Waals surface area contributed by atoms with Gasteiger partial charge in [-0.2, -0.15) is 5.10 Å². The predicted molar refractivity (Wildman–Crippen MR) is 96.4 cm³/mol. The Kier molecular flexibility index (Phi) is 5.18. The van der Waals surface area contributed by atoms with Crippen molar-refractivity contribution in [1.29, 1.82) is 0 Å². The quantitative estimate of drug-likeness (QED) is 0.836. The van der Waals surface area contributed by atoms with Gasteiger partial charge in [-0.05, 0) is 32.9 Å². The molecule has 1 N–H and O–H groups in total. The van der Waals surface area contributed by atoms with E-state index >= 15 is 0 Å². The van der Waals surface area contributed by atoms with Crippen molar-refractivity contribution in [1.82, 2.24) is 15.1 Å². The topological polar surface area (TPSA) is 57.5 Å². The minimum atomic E-state index is 0.231. The molecule has 2 aromatic rings. The zero-order valence-corrected chi connectivity index (χ0v) is 15.7. The Morgan fingerprint density at radius 1 is 1.36 bits per heavy atom. The molecule has 0 radical (unpaired) electrons. The van der Waals surface area contributed by atoms with Crippen molar-refractivity contribution >= 4 is 0 Å². The summed E-state index contributed by atoms with van der Waals surface area (Å²) in [6.07, 6.45) is 1.17. The molecule has 0 saturated heterocycles. The summed E-state index contributed by atoms with van der Waals surface area (Å²) in [6, 6.07) is 4.22. The first kappa shape index (κ1) is 17.6. The number of aromatic nitrogens is 2. The van der Waals surface area contributed by atoms with Gasteiger partial charge in [0.15, 0.2) is 0 Å². The molecule has 0 fully saturated rings. The molecule has 0 spiro atoms. The van der Waals surface area contributed by atoms with Gasteiger partial charge in [-0.15, -0.1) is 0 Å². The molecule has 3 rings (SSSR count). The van der Waals surface area contributed by atoms with Crippen LogP contribution in [-0.4, -0.2) is 29.6 Å².